The monoisotopic (exact) mass is 447 g/mol. The fraction of sp³-hybridized carbons (Fsp3) is 0.292. The Morgan fingerprint density at radius 3 is 2.91 bits per heavy atom. The highest BCUT2D eigenvalue weighted by atomic mass is 32.1. The van der Waals surface area contributed by atoms with Crippen molar-refractivity contribution in [3.8, 4) is 11.1 Å². The van der Waals surface area contributed by atoms with Crippen LogP contribution in [0.4, 0.5) is 0 Å². The molecule has 4 aromatic rings. The number of aromatic nitrogens is 3. The zero-order valence-electron chi connectivity index (χ0n) is 18.0. The quantitative estimate of drug-likeness (QED) is 0.491. The van der Waals surface area contributed by atoms with Crippen LogP contribution >= 0.6 is 11.3 Å². The van der Waals surface area contributed by atoms with E-state index in [0.29, 0.717) is 29.7 Å². The molecule has 1 amide bonds. The first-order valence-corrected chi connectivity index (χ1v) is 11.6. The van der Waals surface area contributed by atoms with Crippen LogP contribution in [0.15, 0.2) is 58.8 Å². The molecule has 5 rings (SSSR count). The van der Waals surface area contributed by atoms with Crippen molar-refractivity contribution in [2.24, 2.45) is 13.0 Å². The molecule has 8 heteroatoms. The number of carbonyl (C=O) groups is 1. The molecule has 2 N–H and O–H groups in total. The number of nitrogens with zero attached hydrogens (tertiary/aromatic N) is 3. The Labute approximate surface area is 189 Å². The Morgan fingerprint density at radius 1 is 1.22 bits per heavy atom. The van der Waals surface area contributed by atoms with Gasteiger partial charge in [-0.15, -0.1) is 11.3 Å². The maximum Gasteiger partial charge on any atom is 0.327 e. The van der Waals surface area contributed by atoms with Crippen LogP contribution in [0.5, 0.6) is 0 Å². The van der Waals surface area contributed by atoms with Crippen molar-refractivity contribution in [3.63, 3.8) is 0 Å². The van der Waals surface area contributed by atoms with Crippen molar-refractivity contribution in [1.82, 2.24) is 24.8 Å². The van der Waals surface area contributed by atoms with Gasteiger partial charge in [-0.05, 0) is 61.1 Å². The molecule has 1 saturated heterocycles. The average Bonchev–Trinajstić information content (AvgIpc) is 3.52. The summed E-state index contributed by atoms with van der Waals surface area (Å²) in [6.07, 6.45) is 2.79. The Kier molecular flexibility index (Phi) is 5.40. The lowest BCUT2D eigenvalue weighted by atomic mass is 9.98. The number of aromatic amines is 1. The molecule has 1 aliphatic rings. The molecule has 32 heavy (non-hydrogen) atoms. The summed E-state index contributed by atoms with van der Waals surface area (Å²) in [6.45, 7) is 1.69. The van der Waals surface area contributed by atoms with Gasteiger partial charge in [0, 0.05) is 41.8 Å². The van der Waals surface area contributed by atoms with Crippen molar-refractivity contribution in [3.05, 3.63) is 75.0 Å². The second kappa shape index (κ2) is 8.37. The number of nitrogens with one attached hydrogen (secondary N) is 2. The van der Waals surface area contributed by atoms with Crippen LogP contribution in [-0.2, 0) is 7.05 Å². The van der Waals surface area contributed by atoms with Crippen LogP contribution in [-0.4, -0.2) is 45.5 Å². The fourth-order valence-electron chi connectivity index (χ4n) is 4.57. The van der Waals surface area contributed by atoms with Gasteiger partial charge in [0.1, 0.15) is 0 Å². The molecule has 7 nitrogen and oxygen atoms in total. The highest BCUT2D eigenvalue weighted by molar-refractivity contribution is 7.10. The van der Waals surface area contributed by atoms with Gasteiger partial charge in [-0.25, -0.2) is 9.78 Å². The van der Waals surface area contributed by atoms with E-state index >= 15 is 0 Å². The van der Waals surface area contributed by atoms with E-state index in [2.05, 4.69) is 44.7 Å². The third-order valence-corrected chi connectivity index (χ3v) is 7.29. The summed E-state index contributed by atoms with van der Waals surface area (Å²) < 4.78 is 1.53. The summed E-state index contributed by atoms with van der Waals surface area (Å²) in [5.74, 6) is 0.321. The van der Waals surface area contributed by atoms with Gasteiger partial charge in [0.2, 0.25) is 0 Å². The number of H-pyrrole nitrogens is 1. The molecule has 164 valence electrons. The fourth-order valence-corrected chi connectivity index (χ4v) is 5.56. The van der Waals surface area contributed by atoms with Crippen molar-refractivity contribution < 1.29 is 4.79 Å². The van der Waals surface area contributed by atoms with Crippen LogP contribution in [0, 0.1) is 5.92 Å². The summed E-state index contributed by atoms with van der Waals surface area (Å²) in [5, 5.41) is 5.26. The first-order valence-electron chi connectivity index (χ1n) is 10.7. The minimum absolute atomic E-state index is 0.0746. The number of aryl methyl sites for hydroxylation is 1. The molecule has 3 aromatic heterocycles. The molecular formula is C24H25N5O2S. The summed E-state index contributed by atoms with van der Waals surface area (Å²) in [5.41, 5.74) is 3.44. The lowest BCUT2D eigenvalue weighted by molar-refractivity contribution is 0.0944. The normalized spacial score (nSPS) is 18.9. The second-order valence-corrected chi connectivity index (χ2v) is 9.34. The molecule has 1 aliphatic heterocycles. The molecule has 4 heterocycles. The third kappa shape index (κ3) is 3.76. The predicted octanol–water partition coefficient (Wildman–Crippen LogP) is 3.41. The van der Waals surface area contributed by atoms with E-state index in [1.807, 2.05) is 30.3 Å². The minimum atomic E-state index is -0.198. The molecule has 1 aromatic carbocycles. The van der Waals surface area contributed by atoms with Crippen molar-refractivity contribution in [2.45, 2.75) is 12.5 Å². The van der Waals surface area contributed by atoms with Crippen molar-refractivity contribution in [1.29, 1.82) is 0 Å². The number of benzene rings is 1. The van der Waals surface area contributed by atoms with Crippen LogP contribution in [0.3, 0.4) is 0 Å². The molecule has 0 radical (unpaired) electrons. The second-order valence-electron chi connectivity index (χ2n) is 8.36. The van der Waals surface area contributed by atoms with E-state index in [9.17, 15) is 9.59 Å². The van der Waals surface area contributed by atoms with Crippen LogP contribution < -0.4 is 11.0 Å². The minimum Gasteiger partial charge on any atom is -0.352 e. The highest BCUT2D eigenvalue weighted by Gasteiger charge is 2.33. The summed E-state index contributed by atoms with van der Waals surface area (Å²) >= 11 is 1.78. The summed E-state index contributed by atoms with van der Waals surface area (Å²) in [7, 11) is 3.86. The van der Waals surface area contributed by atoms with Crippen LogP contribution in [0.1, 0.15) is 27.7 Å². The number of rotatable bonds is 5. The number of likely N-dealkylation sites (tertiary alicyclic amines) is 1. The van der Waals surface area contributed by atoms with Gasteiger partial charge >= 0.3 is 5.69 Å². The zero-order chi connectivity index (χ0) is 22.2. The van der Waals surface area contributed by atoms with E-state index in [1.54, 1.807) is 24.6 Å². The molecular weight excluding hydrogens is 422 g/mol. The molecule has 1 fully saturated rings. The van der Waals surface area contributed by atoms with Crippen LogP contribution in [0.25, 0.3) is 22.3 Å². The van der Waals surface area contributed by atoms with Gasteiger partial charge in [0.15, 0.2) is 5.65 Å². The predicted molar refractivity (Wildman–Crippen MR) is 127 cm³/mol. The summed E-state index contributed by atoms with van der Waals surface area (Å²) in [6, 6.07) is 14.1. The Hall–Kier alpha value is -3.23. The largest absolute Gasteiger partial charge is 0.352 e. The number of carbonyl (C=O) groups excluding carboxylic acids is 1. The number of hydrogen-bond acceptors (Lipinski definition) is 5. The standard InChI is InChI=1S/C24H25N5O2S/c1-28-9-8-17(21(28)20-7-4-10-32-20)13-26-23(30)16-6-3-5-15(11-16)18-12-19-22(25-14-18)27-24(31)29(19)2/h3-7,10-12,14,17,21H,8-9,13H2,1-2H3,(H,26,30)(H,25,27,31)/t17-,21-/m0/s1. The maximum absolute atomic E-state index is 12.9. The average molecular weight is 448 g/mol. The number of amides is 1. The number of hydrogen-bond donors (Lipinski definition) is 2. The number of thiophene rings is 1. The Morgan fingerprint density at radius 2 is 2.09 bits per heavy atom. The van der Waals surface area contributed by atoms with Gasteiger partial charge in [0.25, 0.3) is 5.91 Å². The smallest absolute Gasteiger partial charge is 0.327 e. The molecule has 0 unspecified atom stereocenters. The van der Waals surface area contributed by atoms with Crippen LogP contribution in [0.2, 0.25) is 0 Å². The van der Waals surface area contributed by atoms with Gasteiger partial charge in [-0.2, -0.15) is 0 Å². The van der Waals surface area contributed by atoms with Gasteiger partial charge < -0.3 is 5.32 Å². The van der Waals surface area contributed by atoms with E-state index < -0.39 is 0 Å². The van der Waals surface area contributed by atoms with E-state index in [4.69, 9.17) is 0 Å². The maximum atomic E-state index is 12.9. The zero-order valence-corrected chi connectivity index (χ0v) is 18.9. The summed E-state index contributed by atoms with van der Waals surface area (Å²) in [4.78, 5) is 35.6. The Bertz CT molecular complexity index is 1320. The lowest BCUT2D eigenvalue weighted by Crippen LogP contribution is -2.32. The number of fused-ring (bicyclic) bond motifs is 1. The lowest BCUT2D eigenvalue weighted by Gasteiger charge is -2.24. The first kappa shape index (κ1) is 20.7. The highest BCUT2D eigenvalue weighted by Crippen LogP contribution is 2.37. The molecule has 0 bridgehead atoms. The molecule has 0 spiro atoms. The van der Waals surface area contributed by atoms with Gasteiger partial charge in [-0.3, -0.25) is 19.2 Å². The van der Waals surface area contributed by atoms with E-state index in [-0.39, 0.29) is 11.6 Å². The molecule has 2 atom stereocenters. The van der Waals surface area contributed by atoms with E-state index in [1.165, 1.54) is 9.44 Å². The molecule has 0 saturated carbocycles. The first-order chi connectivity index (χ1) is 15.5. The third-order valence-electron chi connectivity index (χ3n) is 6.35. The van der Waals surface area contributed by atoms with Crippen molar-refractivity contribution >= 4 is 28.4 Å². The Balaban J connectivity index is 1.33. The van der Waals surface area contributed by atoms with Crippen molar-refractivity contribution in [2.75, 3.05) is 20.1 Å². The SMILES string of the molecule is CN1CC[C@@H](CNC(=O)c2cccc(-c3cnc4[nH]c(=O)n(C)c4c3)c2)[C@H]1c1cccs1. The number of imidazole rings is 1. The van der Waals surface area contributed by atoms with E-state index in [0.717, 1.165) is 29.6 Å². The van der Waals surface area contributed by atoms with Gasteiger partial charge in [0.05, 0.1) is 5.52 Å². The topological polar surface area (TPSA) is 83.0 Å². The molecule has 0 aliphatic carbocycles. The number of pyridine rings is 1. The van der Waals surface area contributed by atoms with Gasteiger partial charge in [-0.1, -0.05) is 18.2 Å².